The number of fused-ring (bicyclic) bond motifs is 1. The zero-order chi connectivity index (χ0) is 17.8. The van der Waals surface area contributed by atoms with Gasteiger partial charge in [-0.3, -0.25) is 9.48 Å². The lowest BCUT2D eigenvalue weighted by Crippen LogP contribution is -2.49. The van der Waals surface area contributed by atoms with Crippen LogP contribution in [0.5, 0.6) is 0 Å². The standard InChI is InChI=1S/C18H21N7O/c26-17(6-3-7-25-14-19-12-22-25)23-8-10-24(11-9-23)18-15-4-1-2-5-16(15)20-13-21-18/h1-2,4-5,12-14H,3,6-11H2. The van der Waals surface area contributed by atoms with Crippen molar-refractivity contribution >= 4 is 22.6 Å². The molecule has 0 radical (unpaired) electrons. The molecule has 0 N–H and O–H groups in total. The molecule has 2 aromatic heterocycles. The highest BCUT2D eigenvalue weighted by Crippen LogP contribution is 2.23. The van der Waals surface area contributed by atoms with Crippen LogP contribution in [0, 0.1) is 0 Å². The maximum absolute atomic E-state index is 12.4. The smallest absolute Gasteiger partial charge is 0.222 e. The van der Waals surface area contributed by atoms with E-state index < -0.39 is 0 Å². The van der Waals surface area contributed by atoms with E-state index in [2.05, 4.69) is 25.0 Å². The van der Waals surface area contributed by atoms with Crippen LogP contribution in [0.25, 0.3) is 10.9 Å². The van der Waals surface area contributed by atoms with Gasteiger partial charge in [0.05, 0.1) is 5.52 Å². The van der Waals surface area contributed by atoms with Crippen LogP contribution >= 0.6 is 0 Å². The first-order valence-corrected chi connectivity index (χ1v) is 8.86. The van der Waals surface area contributed by atoms with E-state index in [9.17, 15) is 4.79 Å². The number of amides is 1. The van der Waals surface area contributed by atoms with Crippen LogP contribution in [0.2, 0.25) is 0 Å². The average molecular weight is 351 g/mol. The van der Waals surface area contributed by atoms with Crippen molar-refractivity contribution in [2.75, 3.05) is 31.1 Å². The number of carbonyl (C=O) groups is 1. The molecule has 1 fully saturated rings. The summed E-state index contributed by atoms with van der Waals surface area (Å²) in [6.45, 7) is 3.74. The molecule has 0 aliphatic carbocycles. The molecule has 0 spiro atoms. The summed E-state index contributed by atoms with van der Waals surface area (Å²) in [4.78, 5) is 29.3. The second-order valence-corrected chi connectivity index (χ2v) is 6.34. The molecule has 134 valence electrons. The van der Waals surface area contributed by atoms with Gasteiger partial charge in [0.1, 0.15) is 24.8 Å². The summed E-state index contributed by atoms with van der Waals surface area (Å²) >= 11 is 0. The predicted octanol–water partition coefficient (Wildman–Crippen LogP) is 1.35. The largest absolute Gasteiger partial charge is 0.352 e. The number of nitrogens with zero attached hydrogens (tertiary/aromatic N) is 7. The summed E-state index contributed by atoms with van der Waals surface area (Å²) in [6.07, 6.45) is 6.11. The number of aromatic nitrogens is 5. The second kappa shape index (κ2) is 7.47. The number of piperazine rings is 1. The number of rotatable bonds is 5. The molecule has 1 amide bonds. The van der Waals surface area contributed by atoms with E-state index >= 15 is 0 Å². The van der Waals surface area contributed by atoms with Crippen LogP contribution < -0.4 is 4.90 Å². The van der Waals surface area contributed by atoms with Crippen molar-refractivity contribution in [2.24, 2.45) is 0 Å². The summed E-state index contributed by atoms with van der Waals surface area (Å²) in [7, 11) is 0. The van der Waals surface area contributed by atoms with Gasteiger partial charge in [-0.1, -0.05) is 12.1 Å². The van der Waals surface area contributed by atoms with Gasteiger partial charge in [-0.25, -0.2) is 15.0 Å². The zero-order valence-electron chi connectivity index (χ0n) is 14.5. The van der Waals surface area contributed by atoms with Gasteiger partial charge < -0.3 is 9.80 Å². The van der Waals surface area contributed by atoms with Crippen LogP contribution in [-0.4, -0.2) is 61.7 Å². The maximum atomic E-state index is 12.4. The van der Waals surface area contributed by atoms with E-state index in [1.165, 1.54) is 6.33 Å². The Morgan fingerprint density at radius 2 is 1.88 bits per heavy atom. The Bertz CT molecular complexity index is 867. The van der Waals surface area contributed by atoms with E-state index in [1.54, 1.807) is 17.3 Å². The molecule has 8 nitrogen and oxygen atoms in total. The molecule has 0 atom stereocenters. The van der Waals surface area contributed by atoms with Crippen LogP contribution in [-0.2, 0) is 11.3 Å². The van der Waals surface area contributed by atoms with Gasteiger partial charge in [0.25, 0.3) is 0 Å². The first-order chi connectivity index (χ1) is 12.8. The van der Waals surface area contributed by atoms with E-state index in [0.29, 0.717) is 6.42 Å². The fourth-order valence-corrected chi connectivity index (χ4v) is 3.31. The quantitative estimate of drug-likeness (QED) is 0.690. The maximum Gasteiger partial charge on any atom is 0.222 e. The topological polar surface area (TPSA) is 80.0 Å². The normalized spacial score (nSPS) is 14.8. The Labute approximate surface area is 151 Å². The van der Waals surface area contributed by atoms with Crippen LogP contribution in [0.4, 0.5) is 5.82 Å². The minimum atomic E-state index is 0.206. The molecule has 0 unspecified atom stereocenters. The molecule has 8 heteroatoms. The molecule has 1 saturated heterocycles. The van der Waals surface area contributed by atoms with E-state index in [0.717, 1.165) is 55.9 Å². The highest BCUT2D eigenvalue weighted by Gasteiger charge is 2.22. The summed E-state index contributed by atoms with van der Waals surface area (Å²) in [5, 5.41) is 5.11. The van der Waals surface area contributed by atoms with Gasteiger partial charge in [0.2, 0.25) is 5.91 Å². The van der Waals surface area contributed by atoms with Gasteiger partial charge >= 0.3 is 0 Å². The molecular formula is C18H21N7O. The number of hydrogen-bond acceptors (Lipinski definition) is 6. The van der Waals surface area contributed by atoms with Gasteiger partial charge in [0, 0.05) is 44.5 Å². The molecular weight excluding hydrogens is 330 g/mol. The van der Waals surface area contributed by atoms with Crippen molar-refractivity contribution in [1.82, 2.24) is 29.6 Å². The number of benzene rings is 1. The fraction of sp³-hybridized carbons (Fsp3) is 0.389. The number of anilines is 1. The summed E-state index contributed by atoms with van der Waals surface area (Å²) in [5.41, 5.74) is 0.948. The molecule has 4 rings (SSSR count). The van der Waals surface area contributed by atoms with E-state index in [-0.39, 0.29) is 5.91 Å². The lowest BCUT2D eigenvalue weighted by Gasteiger charge is -2.35. The fourth-order valence-electron chi connectivity index (χ4n) is 3.31. The Hall–Kier alpha value is -3.03. The monoisotopic (exact) mass is 351 g/mol. The predicted molar refractivity (Wildman–Crippen MR) is 97.6 cm³/mol. The SMILES string of the molecule is O=C(CCCn1cncn1)N1CCN(c2ncnc3ccccc23)CC1. The molecule has 0 saturated carbocycles. The van der Waals surface area contributed by atoms with Gasteiger partial charge in [-0.15, -0.1) is 0 Å². The lowest BCUT2D eigenvalue weighted by atomic mass is 10.2. The molecule has 3 heterocycles. The molecule has 26 heavy (non-hydrogen) atoms. The lowest BCUT2D eigenvalue weighted by molar-refractivity contribution is -0.131. The Balaban J connectivity index is 1.32. The van der Waals surface area contributed by atoms with Gasteiger partial charge in [-0.2, -0.15) is 5.10 Å². The highest BCUT2D eigenvalue weighted by atomic mass is 16.2. The third-order valence-corrected chi connectivity index (χ3v) is 4.70. The number of para-hydroxylation sites is 1. The summed E-state index contributed by atoms with van der Waals surface area (Å²) in [6, 6.07) is 8.03. The Morgan fingerprint density at radius 1 is 1.04 bits per heavy atom. The number of aryl methyl sites for hydroxylation is 1. The van der Waals surface area contributed by atoms with E-state index in [1.807, 2.05) is 29.2 Å². The third-order valence-electron chi connectivity index (χ3n) is 4.70. The minimum Gasteiger partial charge on any atom is -0.352 e. The zero-order valence-corrected chi connectivity index (χ0v) is 14.5. The van der Waals surface area contributed by atoms with Gasteiger partial charge in [-0.05, 0) is 18.6 Å². The van der Waals surface area contributed by atoms with Crippen molar-refractivity contribution < 1.29 is 4.79 Å². The first kappa shape index (κ1) is 16.4. The van der Waals surface area contributed by atoms with Crippen LogP contribution in [0.3, 0.4) is 0 Å². The van der Waals surface area contributed by atoms with Crippen molar-refractivity contribution in [3.8, 4) is 0 Å². The summed E-state index contributed by atoms with van der Waals surface area (Å²) < 4.78 is 1.76. The van der Waals surface area contributed by atoms with Crippen molar-refractivity contribution in [3.63, 3.8) is 0 Å². The highest BCUT2D eigenvalue weighted by molar-refractivity contribution is 5.89. The Kier molecular flexibility index (Phi) is 4.72. The molecule has 3 aromatic rings. The summed E-state index contributed by atoms with van der Waals surface area (Å²) in [5.74, 6) is 1.16. The van der Waals surface area contributed by atoms with Crippen LogP contribution in [0.15, 0.2) is 43.2 Å². The minimum absolute atomic E-state index is 0.206. The van der Waals surface area contributed by atoms with Crippen molar-refractivity contribution in [2.45, 2.75) is 19.4 Å². The van der Waals surface area contributed by atoms with Gasteiger partial charge in [0.15, 0.2) is 0 Å². The average Bonchev–Trinajstić information content (AvgIpc) is 3.21. The van der Waals surface area contributed by atoms with Crippen molar-refractivity contribution in [1.29, 1.82) is 0 Å². The number of hydrogen-bond donors (Lipinski definition) is 0. The van der Waals surface area contributed by atoms with E-state index in [4.69, 9.17) is 0 Å². The molecule has 0 bridgehead atoms. The molecule has 1 aliphatic heterocycles. The second-order valence-electron chi connectivity index (χ2n) is 6.34. The number of carbonyl (C=O) groups excluding carboxylic acids is 1. The third kappa shape index (κ3) is 3.49. The first-order valence-electron chi connectivity index (χ1n) is 8.86. The van der Waals surface area contributed by atoms with Crippen molar-refractivity contribution in [3.05, 3.63) is 43.2 Å². The molecule has 1 aromatic carbocycles. The molecule has 1 aliphatic rings. The van der Waals surface area contributed by atoms with Crippen LogP contribution in [0.1, 0.15) is 12.8 Å². The Morgan fingerprint density at radius 3 is 2.69 bits per heavy atom.